The van der Waals surface area contributed by atoms with Gasteiger partial charge in [-0.25, -0.2) is 22.0 Å². The van der Waals surface area contributed by atoms with Crippen molar-refractivity contribution in [3.63, 3.8) is 0 Å². The van der Waals surface area contributed by atoms with Gasteiger partial charge in [0.15, 0.2) is 23.3 Å². The van der Waals surface area contributed by atoms with E-state index >= 15 is 0 Å². The Bertz CT molecular complexity index is 598. The molecule has 0 saturated carbocycles. The first-order chi connectivity index (χ1) is 9.97. The molecule has 0 fully saturated rings. The topological polar surface area (TPSA) is 25.2 Å². The van der Waals surface area contributed by atoms with Crippen LogP contribution in [0.1, 0.15) is 24.1 Å². The summed E-state index contributed by atoms with van der Waals surface area (Å²) in [6, 6.07) is 0.494. The summed E-state index contributed by atoms with van der Waals surface area (Å²) < 4.78 is 72.1. The maximum absolute atomic E-state index is 13.8. The fourth-order valence-electron chi connectivity index (χ4n) is 2.10. The standard InChI is InChI=1S/C14H12F5NO/c1-2-20-8(5-7-3-4-21-6-7)9-10(15)12(17)14(19)13(18)11(9)16/h3-4,6,8,20H,2,5H2,1H3. The van der Waals surface area contributed by atoms with Crippen LogP contribution in [0.3, 0.4) is 0 Å². The Hall–Kier alpha value is -1.89. The van der Waals surface area contributed by atoms with E-state index < -0.39 is 40.7 Å². The van der Waals surface area contributed by atoms with E-state index in [1.165, 1.54) is 12.5 Å². The third-order valence-corrected chi connectivity index (χ3v) is 3.06. The molecular formula is C14H12F5NO. The Kier molecular flexibility index (Phi) is 4.62. The first-order valence-corrected chi connectivity index (χ1v) is 6.23. The molecule has 2 rings (SSSR count). The summed E-state index contributed by atoms with van der Waals surface area (Å²) in [6.07, 6.45) is 2.73. The van der Waals surface area contributed by atoms with Crippen molar-refractivity contribution in [2.24, 2.45) is 0 Å². The van der Waals surface area contributed by atoms with Gasteiger partial charge < -0.3 is 9.73 Å². The monoisotopic (exact) mass is 305 g/mol. The number of benzene rings is 1. The molecule has 1 atom stereocenters. The summed E-state index contributed by atoms with van der Waals surface area (Å²) in [5.41, 5.74) is -0.292. The van der Waals surface area contributed by atoms with Gasteiger partial charge in [-0.05, 0) is 24.6 Å². The van der Waals surface area contributed by atoms with Crippen molar-refractivity contribution in [3.05, 3.63) is 58.8 Å². The van der Waals surface area contributed by atoms with Crippen LogP contribution < -0.4 is 5.32 Å². The summed E-state index contributed by atoms with van der Waals surface area (Å²) in [5.74, 6) is -9.69. The molecule has 1 unspecified atom stereocenters. The van der Waals surface area contributed by atoms with E-state index in [1.54, 1.807) is 13.0 Å². The second-order valence-corrected chi connectivity index (χ2v) is 4.43. The molecule has 114 valence electrons. The SMILES string of the molecule is CCNC(Cc1ccoc1)c1c(F)c(F)c(F)c(F)c1F. The van der Waals surface area contributed by atoms with Crippen molar-refractivity contribution in [2.45, 2.75) is 19.4 Å². The minimum atomic E-state index is -2.16. The van der Waals surface area contributed by atoms with Gasteiger partial charge in [0.05, 0.1) is 12.5 Å². The number of nitrogens with one attached hydrogen (secondary N) is 1. The maximum atomic E-state index is 13.8. The largest absolute Gasteiger partial charge is 0.472 e. The van der Waals surface area contributed by atoms with Gasteiger partial charge in [-0.1, -0.05) is 6.92 Å². The molecule has 2 aromatic rings. The molecular weight excluding hydrogens is 293 g/mol. The molecule has 0 amide bonds. The second kappa shape index (κ2) is 6.26. The van der Waals surface area contributed by atoms with E-state index in [0.717, 1.165) is 0 Å². The molecule has 1 heterocycles. The third kappa shape index (κ3) is 2.92. The quantitative estimate of drug-likeness (QED) is 0.515. The van der Waals surface area contributed by atoms with Gasteiger partial charge >= 0.3 is 0 Å². The maximum Gasteiger partial charge on any atom is 0.200 e. The van der Waals surface area contributed by atoms with E-state index in [9.17, 15) is 22.0 Å². The lowest BCUT2D eigenvalue weighted by Gasteiger charge is -2.19. The number of hydrogen-bond acceptors (Lipinski definition) is 2. The minimum Gasteiger partial charge on any atom is -0.472 e. The Balaban J connectivity index is 2.49. The van der Waals surface area contributed by atoms with Gasteiger partial charge in [-0.15, -0.1) is 0 Å². The highest BCUT2D eigenvalue weighted by molar-refractivity contribution is 5.28. The Morgan fingerprint density at radius 3 is 2.05 bits per heavy atom. The van der Waals surface area contributed by atoms with Crippen molar-refractivity contribution in [3.8, 4) is 0 Å². The predicted molar refractivity (Wildman–Crippen MR) is 65.1 cm³/mol. The lowest BCUT2D eigenvalue weighted by atomic mass is 9.98. The lowest BCUT2D eigenvalue weighted by Crippen LogP contribution is -2.26. The number of rotatable bonds is 5. The zero-order valence-electron chi connectivity index (χ0n) is 11.0. The molecule has 21 heavy (non-hydrogen) atoms. The third-order valence-electron chi connectivity index (χ3n) is 3.06. The summed E-state index contributed by atoms with van der Waals surface area (Å²) in [7, 11) is 0. The molecule has 0 aliphatic carbocycles. The highest BCUT2D eigenvalue weighted by Crippen LogP contribution is 2.29. The zero-order valence-corrected chi connectivity index (χ0v) is 11.0. The number of halogens is 5. The smallest absolute Gasteiger partial charge is 0.200 e. The average molecular weight is 305 g/mol. The van der Waals surface area contributed by atoms with Gasteiger partial charge in [0.2, 0.25) is 5.82 Å². The molecule has 0 radical (unpaired) electrons. The predicted octanol–water partition coefficient (Wildman–Crippen LogP) is 3.87. The van der Waals surface area contributed by atoms with Gasteiger partial charge in [0.1, 0.15) is 0 Å². The molecule has 1 aromatic carbocycles. The molecule has 0 aliphatic heterocycles. The van der Waals surface area contributed by atoms with Crippen molar-refractivity contribution in [2.75, 3.05) is 6.54 Å². The van der Waals surface area contributed by atoms with Crippen LogP contribution >= 0.6 is 0 Å². The normalized spacial score (nSPS) is 12.7. The van der Waals surface area contributed by atoms with Crippen molar-refractivity contribution < 1.29 is 26.4 Å². The summed E-state index contributed by atoms with van der Waals surface area (Å²) >= 11 is 0. The fourth-order valence-corrected chi connectivity index (χ4v) is 2.10. The first kappa shape index (κ1) is 15.5. The van der Waals surface area contributed by atoms with Crippen LogP contribution in [0.25, 0.3) is 0 Å². The van der Waals surface area contributed by atoms with E-state index in [-0.39, 0.29) is 6.42 Å². The Labute approximate surface area is 117 Å². The Morgan fingerprint density at radius 1 is 1.00 bits per heavy atom. The second-order valence-electron chi connectivity index (χ2n) is 4.43. The summed E-state index contributed by atoms with van der Waals surface area (Å²) in [6.45, 7) is 1.95. The van der Waals surface area contributed by atoms with Crippen LogP contribution in [0.15, 0.2) is 23.0 Å². The molecule has 2 nitrogen and oxygen atoms in total. The lowest BCUT2D eigenvalue weighted by molar-refractivity contribution is 0.356. The molecule has 1 N–H and O–H groups in total. The summed E-state index contributed by atoms with van der Waals surface area (Å²) in [5, 5.41) is 2.72. The van der Waals surface area contributed by atoms with E-state index in [1.807, 2.05) is 0 Å². The van der Waals surface area contributed by atoms with Gasteiger partial charge in [-0.3, -0.25) is 0 Å². The van der Waals surface area contributed by atoms with Crippen LogP contribution in [-0.2, 0) is 6.42 Å². The minimum absolute atomic E-state index is 0.0304. The van der Waals surface area contributed by atoms with E-state index in [0.29, 0.717) is 12.1 Å². The van der Waals surface area contributed by atoms with Crippen molar-refractivity contribution in [1.82, 2.24) is 5.32 Å². The van der Waals surface area contributed by atoms with E-state index in [4.69, 9.17) is 4.42 Å². The number of furan rings is 1. The van der Waals surface area contributed by atoms with Gasteiger partial charge in [0.25, 0.3) is 0 Å². The fraction of sp³-hybridized carbons (Fsp3) is 0.286. The van der Waals surface area contributed by atoms with Crippen LogP contribution in [0.5, 0.6) is 0 Å². The van der Waals surface area contributed by atoms with Crippen LogP contribution in [0.2, 0.25) is 0 Å². The van der Waals surface area contributed by atoms with Crippen molar-refractivity contribution >= 4 is 0 Å². The number of likely N-dealkylation sites (N-methyl/N-ethyl adjacent to an activating group) is 1. The zero-order chi connectivity index (χ0) is 15.6. The highest BCUT2D eigenvalue weighted by Gasteiger charge is 2.30. The molecule has 1 aromatic heterocycles. The Morgan fingerprint density at radius 2 is 1.57 bits per heavy atom. The molecule has 7 heteroatoms. The van der Waals surface area contributed by atoms with Gasteiger partial charge in [-0.2, -0.15) is 0 Å². The average Bonchev–Trinajstić information content (AvgIpc) is 2.96. The number of hydrogen-bond donors (Lipinski definition) is 1. The van der Waals surface area contributed by atoms with Crippen LogP contribution in [0.4, 0.5) is 22.0 Å². The van der Waals surface area contributed by atoms with Crippen LogP contribution in [-0.4, -0.2) is 6.54 Å². The summed E-state index contributed by atoms with van der Waals surface area (Å²) in [4.78, 5) is 0. The van der Waals surface area contributed by atoms with Crippen LogP contribution in [0, 0.1) is 29.1 Å². The van der Waals surface area contributed by atoms with E-state index in [2.05, 4.69) is 5.32 Å². The van der Waals surface area contributed by atoms with Gasteiger partial charge in [0, 0.05) is 11.6 Å². The molecule has 0 bridgehead atoms. The molecule has 0 spiro atoms. The highest BCUT2D eigenvalue weighted by atomic mass is 19.2. The van der Waals surface area contributed by atoms with Crippen molar-refractivity contribution in [1.29, 1.82) is 0 Å². The molecule has 0 aliphatic rings. The first-order valence-electron chi connectivity index (χ1n) is 6.23. The molecule has 0 saturated heterocycles.